The Labute approximate surface area is 60.7 Å². The molecule has 0 amide bonds. The molecule has 0 aliphatic carbocycles. The fourth-order valence-electron chi connectivity index (χ4n) is 0.516. The summed E-state index contributed by atoms with van der Waals surface area (Å²) in [6.45, 7) is 5.26. The molecule has 0 aromatic heterocycles. The molecule has 2 heteroatoms. The Morgan fingerprint density at radius 2 is 2.00 bits per heavy atom. The van der Waals surface area contributed by atoms with Crippen LogP contribution in [0.15, 0.2) is 0 Å². The third-order valence-corrected chi connectivity index (χ3v) is 1.84. The summed E-state index contributed by atoms with van der Waals surface area (Å²) in [5.74, 6) is 0. The van der Waals surface area contributed by atoms with Crippen LogP contribution in [0, 0.1) is 0 Å². The van der Waals surface area contributed by atoms with E-state index in [9.17, 15) is 0 Å². The molecule has 1 aliphatic heterocycles. The van der Waals surface area contributed by atoms with Crippen molar-refractivity contribution in [3.63, 3.8) is 0 Å². The number of rotatable bonds is 0. The second-order valence-corrected chi connectivity index (χ2v) is 3.23. The van der Waals surface area contributed by atoms with Crippen LogP contribution < -0.4 is 0 Å². The molecule has 0 saturated carbocycles. The number of hydrogen-bond donors (Lipinski definition) is 0. The lowest BCUT2D eigenvalue weighted by molar-refractivity contribution is 0.304. The minimum Gasteiger partial charge on any atom is -0.417 e. The number of hydrogen-bond acceptors (Lipinski definition) is 1. The summed E-state index contributed by atoms with van der Waals surface area (Å²) in [4.78, 5) is 0. The van der Waals surface area contributed by atoms with E-state index >= 15 is 0 Å². The smallest absolute Gasteiger partial charge is 0.229 e. The van der Waals surface area contributed by atoms with Crippen LogP contribution >= 0.6 is 0 Å². The molecule has 0 N–H and O–H groups in total. The summed E-state index contributed by atoms with van der Waals surface area (Å²) < 4.78 is 5.10. The van der Waals surface area contributed by atoms with Crippen molar-refractivity contribution < 1.29 is 4.43 Å². The lowest BCUT2D eigenvalue weighted by atomic mass is 10.4. The average molecular weight is 144 g/mol. The minimum absolute atomic E-state index is 0.802. The van der Waals surface area contributed by atoms with Crippen molar-refractivity contribution >= 4 is 9.76 Å². The van der Waals surface area contributed by atoms with Crippen molar-refractivity contribution in [2.45, 2.75) is 39.2 Å². The van der Waals surface area contributed by atoms with Gasteiger partial charge < -0.3 is 4.43 Å². The van der Waals surface area contributed by atoms with Crippen molar-refractivity contribution in [1.82, 2.24) is 0 Å². The summed E-state index contributed by atoms with van der Waals surface area (Å²) >= 11 is 0. The van der Waals surface area contributed by atoms with E-state index in [4.69, 9.17) is 4.43 Å². The Morgan fingerprint density at radius 1 is 1.33 bits per heavy atom. The van der Waals surface area contributed by atoms with Crippen molar-refractivity contribution in [3.8, 4) is 0 Å². The Bertz CT molecular complexity index is 32.7. The first-order valence-electron chi connectivity index (χ1n) is 3.76. The zero-order valence-electron chi connectivity index (χ0n) is 6.44. The summed E-state index contributed by atoms with van der Waals surface area (Å²) in [6.07, 6.45) is 3.92. The molecule has 1 heterocycles. The fourth-order valence-corrected chi connectivity index (χ4v) is 1.34. The topological polar surface area (TPSA) is 9.23 Å². The van der Waals surface area contributed by atoms with Crippen molar-refractivity contribution in [3.05, 3.63) is 0 Å². The Balaban J connectivity index is 0.000000187. The highest BCUT2D eigenvalue weighted by Crippen LogP contribution is 2.01. The normalized spacial score (nSPS) is 18.0. The predicted molar refractivity (Wildman–Crippen MR) is 41.7 cm³/mol. The highest BCUT2D eigenvalue weighted by Gasteiger charge is 1.97. The highest BCUT2D eigenvalue weighted by atomic mass is 28.2. The van der Waals surface area contributed by atoms with Crippen molar-refractivity contribution in [1.29, 1.82) is 0 Å². The molecule has 2 radical (unpaired) electrons. The second-order valence-electron chi connectivity index (χ2n) is 2.16. The van der Waals surface area contributed by atoms with Gasteiger partial charge in [-0.15, -0.1) is 0 Å². The summed E-state index contributed by atoms with van der Waals surface area (Å²) in [6, 6.07) is 1.31. The van der Waals surface area contributed by atoms with Gasteiger partial charge in [0.2, 0.25) is 9.76 Å². The zero-order chi connectivity index (χ0) is 6.95. The molecule has 1 rings (SSSR count). The largest absolute Gasteiger partial charge is 0.417 e. The first-order chi connectivity index (χ1) is 4.41. The summed E-state index contributed by atoms with van der Waals surface area (Å²) in [5.41, 5.74) is 0. The van der Waals surface area contributed by atoms with Crippen LogP contribution in [0.5, 0.6) is 0 Å². The van der Waals surface area contributed by atoms with Gasteiger partial charge in [-0.2, -0.15) is 0 Å². The van der Waals surface area contributed by atoms with E-state index in [1.165, 1.54) is 25.3 Å². The van der Waals surface area contributed by atoms with Gasteiger partial charge in [-0.3, -0.25) is 0 Å². The first kappa shape index (κ1) is 9.18. The maximum absolute atomic E-state index is 5.10. The first-order valence-corrected chi connectivity index (χ1v) is 4.88. The minimum atomic E-state index is 0.802. The van der Waals surface area contributed by atoms with Crippen LogP contribution in [0.1, 0.15) is 33.1 Å². The highest BCUT2D eigenvalue weighted by molar-refractivity contribution is 6.27. The van der Waals surface area contributed by atoms with Crippen molar-refractivity contribution in [2.24, 2.45) is 0 Å². The molecular weight excluding hydrogens is 128 g/mol. The molecule has 0 unspecified atom stereocenters. The van der Waals surface area contributed by atoms with Gasteiger partial charge in [0.15, 0.2) is 0 Å². The maximum atomic E-state index is 5.10. The molecule has 0 aromatic rings. The van der Waals surface area contributed by atoms with Crippen LogP contribution in [-0.2, 0) is 4.43 Å². The lowest BCUT2D eigenvalue weighted by Crippen LogP contribution is -2.06. The fraction of sp³-hybridized carbons (Fsp3) is 1.00. The molecule has 0 spiro atoms. The SMILES string of the molecule is C1CC[Si]OC1.CCC. The van der Waals surface area contributed by atoms with E-state index in [1.54, 1.807) is 0 Å². The molecule has 0 atom stereocenters. The average Bonchev–Trinajstić information content (AvgIpc) is 1.93. The maximum Gasteiger partial charge on any atom is 0.229 e. The van der Waals surface area contributed by atoms with E-state index in [0.29, 0.717) is 0 Å². The van der Waals surface area contributed by atoms with Gasteiger partial charge >= 0.3 is 0 Å². The van der Waals surface area contributed by atoms with Crippen LogP contribution in [0.4, 0.5) is 0 Å². The lowest BCUT2D eigenvalue weighted by Gasteiger charge is -2.06. The van der Waals surface area contributed by atoms with Gasteiger partial charge in [-0.05, 0) is 12.5 Å². The van der Waals surface area contributed by atoms with E-state index in [2.05, 4.69) is 13.8 Å². The predicted octanol–water partition coefficient (Wildman–Crippen LogP) is 2.25. The molecule has 1 aliphatic rings. The second kappa shape index (κ2) is 8.18. The van der Waals surface area contributed by atoms with E-state index in [0.717, 1.165) is 16.4 Å². The molecule has 0 aromatic carbocycles. The molecule has 1 saturated heterocycles. The zero-order valence-corrected chi connectivity index (χ0v) is 7.44. The summed E-state index contributed by atoms with van der Waals surface area (Å²) in [7, 11) is 0.802. The Hall–Kier alpha value is 0.177. The van der Waals surface area contributed by atoms with Crippen molar-refractivity contribution in [2.75, 3.05) is 6.61 Å². The quantitative estimate of drug-likeness (QED) is 0.474. The molecule has 54 valence electrons. The van der Waals surface area contributed by atoms with E-state index in [1.807, 2.05) is 0 Å². The van der Waals surface area contributed by atoms with Gasteiger partial charge in [-0.1, -0.05) is 26.7 Å². The molecule has 1 fully saturated rings. The van der Waals surface area contributed by atoms with E-state index in [-0.39, 0.29) is 0 Å². The van der Waals surface area contributed by atoms with Gasteiger partial charge in [-0.25, -0.2) is 0 Å². The molecule has 9 heavy (non-hydrogen) atoms. The third kappa shape index (κ3) is 8.18. The van der Waals surface area contributed by atoms with Crippen LogP contribution in [-0.4, -0.2) is 16.4 Å². The van der Waals surface area contributed by atoms with Gasteiger partial charge in [0.1, 0.15) is 0 Å². The Morgan fingerprint density at radius 3 is 2.11 bits per heavy atom. The molecule has 0 bridgehead atoms. The molecule has 1 nitrogen and oxygen atoms in total. The summed E-state index contributed by atoms with van der Waals surface area (Å²) in [5, 5.41) is 0. The van der Waals surface area contributed by atoms with Gasteiger partial charge in [0.05, 0.1) is 0 Å². The third-order valence-electron chi connectivity index (χ3n) is 0.877. The Kier molecular flexibility index (Phi) is 8.34. The van der Waals surface area contributed by atoms with E-state index < -0.39 is 0 Å². The van der Waals surface area contributed by atoms with Gasteiger partial charge in [0, 0.05) is 6.61 Å². The monoisotopic (exact) mass is 144 g/mol. The van der Waals surface area contributed by atoms with Crippen LogP contribution in [0.2, 0.25) is 6.04 Å². The van der Waals surface area contributed by atoms with Crippen LogP contribution in [0.3, 0.4) is 0 Å². The van der Waals surface area contributed by atoms with Gasteiger partial charge in [0.25, 0.3) is 0 Å². The standard InChI is InChI=1S/C4H8OSi.C3H8/c1-2-4-6-5-3-1;1-3-2/h1-4H2;3H2,1-2H3. The van der Waals surface area contributed by atoms with Crippen LogP contribution in [0.25, 0.3) is 0 Å². The molecular formula is C7H16OSi.